The summed E-state index contributed by atoms with van der Waals surface area (Å²) >= 11 is 1.41. The van der Waals surface area contributed by atoms with Gasteiger partial charge in [-0.2, -0.15) is 5.10 Å². The number of amides is 1. The van der Waals surface area contributed by atoms with E-state index in [1.165, 1.54) is 11.3 Å². The molecular formula is C21H17FN4OS. The molecule has 0 spiro atoms. The molecule has 7 heteroatoms. The van der Waals surface area contributed by atoms with Crippen molar-refractivity contribution >= 4 is 32.6 Å². The highest BCUT2D eigenvalue weighted by Gasteiger charge is 2.43. The van der Waals surface area contributed by atoms with Crippen LogP contribution in [0.25, 0.3) is 27.0 Å². The number of hydrogen-bond donors (Lipinski definition) is 1. The molecule has 4 aromatic rings. The van der Waals surface area contributed by atoms with Crippen molar-refractivity contribution in [3.63, 3.8) is 0 Å². The molecule has 2 atom stereocenters. The Kier molecular flexibility index (Phi) is 3.98. The standard InChI is InChI=1S/C21H17FN4OS/c1-12-3-5-14(26-8-2-7-23-26)10-15(12)13-4-6-18-19(9-13)28-21(24-18)25-20(27)16-11-17(16)22/h2-10,16-17H,11H2,1H3,(H,24,25,27). The van der Waals surface area contributed by atoms with Gasteiger partial charge in [-0.15, -0.1) is 0 Å². The van der Waals surface area contributed by atoms with Crippen LogP contribution in [0.3, 0.4) is 0 Å². The first-order valence-corrected chi connectivity index (χ1v) is 9.87. The lowest BCUT2D eigenvalue weighted by molar-refractivity contribution is -0.117. The number of halogens is 1. The summed E-state index contributed by atoms with van der Waals surface area (Å²) in [7, 11) is 0. The van der Waals surface area contributed by atoms with Gasteiger partial charge in [-0.1, -0.05) is 23.5 Å². The molecule has 2 unspecified atom stereocenters. The van der Waals surface area contributed by atoms with Crippen molar-refractivity contribution in [3.05, 3.63) is 60.4 Å². The van der Waals surface area contributed by atoms with E-state index in [1.54, 1.807) is 6.20 Å². The van der Waals surface area contributed by atoms with Crippen molar-refractivity contribution in [2.24, 2.45) is 5.92 Å². The van der Waals surface area contributed by atoms with Gasteiger partial charge in [0.2, 0.25) is 5.91 Å². The molecule has 1 saturated carbocycles. The average Bonchev–Trinajstić information content (AvgIpc) is 3.09. The minimum atomic E-state index is -1.01. The summed E-state index contributed by atoms with van der Waals surface area (Å²) in [5.41, 5.74) is 5.17. The molecule has 0 radical (unpaired) electrons. The number of fused-ring (bicyclic) bond motifs is 1. The number of thiazole rings is 1. The second-order valence-electron chi connectivity index (χ2n) is 7.00. The Morgan fingerprint density at radius 1 is 1.29 bits per heavy atom. The summed E-state index contributed by atoms with van der Waals surface area (Å²) < 4.78 is 15.9. The second kappa shape index (κ2) is 6.53. The SMILES string of the molecule is Cc1ccc(-n2cccn2)cc1-c1ccc2nc(NC(=O)C3CC3F)sc2c1. The highest BCUT2D eigenvalue weighted by molar-refractivity contribution is 7.22. The van der Waals surface area contributed by atoms with Crippen LogP contribution in [-0.4, -0.2) is 26.8 Å². The Balaban J connectivity index is 1.48. The molecular weight excluding hydrogens is 375 g/mol. The van der Waals surface area contributed by atoms with E-state index in [4.69, 9.17) is 0 Å². The van der Waals surface area contributed by atoms with E-state index in [9.17, 15) is 9.18 Å². The van der Waals surface area contributed by atoms with Gasteiger partial charge in [-0.05, 0) is 60.4 Å². The summed E-state index contributed by atoms with van der Waals surface area (Å²) in [6.07, 6.45) is 2.97. The van der Waals surface area contributed by atoms with Gasteiger partial charge >= 0.3 is 0 Å². The maximum absolute atomic E-state index is 13.1. The van der Waals surface area contributed by atoms with Crippen LogP contribution >= 0.6 is 11.3 Å². The quantitative estimate of drug-likeness (QED) is 0.545. The Bertz CT molecular complexity index is 1180. The van der Waals surface area contributed by atoms with Gasteiger partial charge in [-0.3, -0.25) is 4.79 Å². The fourth-order valence-corrected chi connectivity index (χ4v) is 4.17. The van der Waals surface area contributed by atoms with Gasteiger partial charge in [0.1, 0.15) is 6.17 Å². The Morgan fingerprint density at radius 2 is 2.14 bits per heavy atom. The van der Waals surface area contributed by atoms with Crippen molar-refractivity contribution in [1.29, 1.82) is 0 Å². The monoisotopic (exact) mass is 392 g/mol. The Labute approximate surface area is 164 Å². The fraction of sp³-hybridized carbons (Fsp3) is 0.190. The number of aryl methyl sites for hydroxylation is 1. The molecule has 140 valence electrons. The predicted octanol–water partition coefficient (Wildman–Crippen LogP) is 4.75. The first kappa shape index (κ1) is 17.1. The minimum Gasteiger partial charge on any atom is -0.302 e. The number of rotatable bonds is 4. The molecule has 1 amide bonds. The number of aromatic nitrogens is 3. The summed E-state index contributed by atoms with van der Waals surface area (Å²) in [4.78, 5) is 16.4. The molecule has 0 bridgehead atoms. The zero-order valence-corrected chi connectivity index (χ0v) is 15.9. The van der Waals surface area contributed by atoms with Crippen LogP contribution in [0.15, 0.2) is 54.9 Å². The zero-order valence-electron chi connectivity index (χ0n) is 15.1. The topological polar surface area (TPSA) is 59.8 Å². The molecule has 2 heterocycles. The normalized spacial score (nSPS) is 18.4. The second-order valence-corrected chi connectivity index (χ2v) is 8.03. The summed E-state index contributed by atoms with van der Waals surface area (Å²) in [6.45, 7) is 2.08. The van der Waals surface area contributed by atoms with Gasteiger partial charge in [0.25, 0.3) is 0 Å². The van der Waals surface area contributed by atoms with Crippen LogP contribution in [-0.2, 0) is 4.79 Å². The van der Waals surface area contributed by atoms with E-state index in [0.717, 1.165) is 32.6 Å². The highest BCUT2D eigenvalue weighted by Crippen LogP contribution is 2.36. The molecule has 2 aromatic carbocycles. The van der Waals surface area contributed by atoms with Crippen molar-refractivity contribution in [2.75, 3.05) is 5.32 Å². The molecule has 1 N–H and O–H groups in total. The Hall–Kier alpha value is -3.06. The maximum Gasteiger partial charge on any atom is 0.232 e. The number of alkyl halides is 1. The largest absolute Gasteiger partial charge is 0.302 e. The number of benzene rings is 2. The molecule has 0 aliphatic heterocycles. The lowest BCUT2D eigenvalue weighted by atomic mass is 10.00. The van der Waals surface area contributed by atoms with Crippen molar-refractivity contribution in [1.82, 2.24) is 14.8 Å². The third kappa shape index (κ3) is 3.07. The highest BCUT2D eigenvalue weighted by atomic mass is 32.1. The number of carbonyl (C=O) groups excluding carboxylic acids is 1. The molecule has 1 aliphatic carbocycles. The number of anilines is 1. The van der Waals surface area contributed by atoms with E-state index in [1.807, 2.05) is 35.1 Å². The number of nitrogens with one attached hydrogen (secondary N) is 1. The van der Waals surface area contributed by atoms with Crippen LogP contribution in [0, 0.1) is 12.8 Å². The Morgan fingerprint density at radius 3 is 2.89 bits per heavy atom. The third-order valence-corrected chi connectivity index (χ3v) is 5.90. The lowest BCUT2D eigenvalue weighted by Gasteiger charge is -2.09. The smallest absolute Gasteiger partial charge is 0.232 e. The number of hydrogen-bond acceptors (Lipinski definition) is 4. The average molecular weight is 392 g/mol. The third-order valence-electron chi connectivity index (χ3n) is 4.97. The molecule has 1 fully saturated rings. The van der Waals surface area contributed by atoms with Crippen molar-refractivity contribution in [3.8, 4) is 16.8 Å². The van der Waals surface area contributed by atoms with E-state index in [-0.39, 0.29) is 5.91 Å². The van der Waals surface area contributed by atoms with Crippen LogP contribution in [0.4, 0.5) is 9.52 Å². The van der Waals surface area contributed by atoms with Gasteiger partial charge in [0.15, 0.2) is 5.13 Å². The molecule has 2 aromatic heterocycles. The van der Waals surface area contributed by atoms with Gasteiger partial charge < -0.3 is 5.32 Å². The van der Waals surface area contributed by atoms with E-state index < -0.39 is 12.1 Å². The van der Waals surface area contributed by atoms with Crippen molar-refractivity contribution in [2.45, 2.75) is 19.5 Å². The van der Waals surface area contributed by atoms with Gasteiger partial charge in [-0.25, -0.2) is 14.1 Å². The number of nitrogens with zero attached hydrogens (tertiary/aromatic N) is 3. The first-order chi connectivity index (χ1) is 13.6. The predicted molar refractivity (Wildman–Crippen MR) is 109 cm³/mol. The van der Waals surface area contributed by atoms with E-state index in [0.29, 0.717) is 11.6 Å². The molecule has 1 aliphatic rings. The van der Waals surface area contributed by atoms with Gasteiger partial charge in [0.05, 0.1) is 21.8 Å². The molecule has 5 rings (SSSR count). The van der Waals surface area contributed by atoms with Crippen LogP contribution in [0.2, 0.25) is 0 Å². The van der Waals surface area contributed by atoms with E-state index >= 15 is 0 Å². The van der Waals surface area contributed by atoms with Crippen LogP contribution in [0.5, 0.6) is 0 Å². The first-order valence-electron chi connectivity index (χ1n) is 9.05. The van der Waals surface area contributed by atoms with Crippen molar-refractivity contribution < 1.29 is 9.18 Å². The summed E-state index contributed by atoms with van der Waals surface area (Å²) in [5, 5.41) is 7.55. The molecule has 28 heavy (non-hydrogen) atoms. The lowest BCUT2D eigenvalue weighted by Crippen LogP contribution is -2.14. The maximum atomic E-state index is 13.1. The summed E-state index contributed by atoms with van der Waals surface area (Å²) in [6, 6.07) is 14.2. The van der Waals surface area contributed by atoms with Gasteiger partial charge in [0, 0.05) is 12.4 Å². The summed E-state index contributed by atoms with van der Waals surface area (Å²) in [5.74, 6) is -0.801. The fourth-order valence-electron chi connectivity index (χ4n) is 3.26. The van der Waals surface area contributed by atoms with E-state index in [2.05, 4.69) is 40.5 Å². The van der Waals surface area contributed by atoms with Crippen LogP contribution < -0.4 is 5.32 Å². The zero-order chi connectivity index (χ0) is 19.3. The van der Waals surface area contributed by atoms with Crippen LogP contribution in [0.1, 0.15) is 12.0 Å². The molecule has 0 saturated heterocycles. The molecule has 5 nitrogen and oxygen atoms in total. The minimum absolute atomic E-state index is 0.283. The number of carbonyl (C=O) groups is 1.